The first-order chi connectivity index (χ1) is 30.3. The summed E-state index contributed by atoms with van der Waals surface area (Å²) in [6.45, 7) is 3.25. The molecule has 8 rings (SSSR count). The van der Waals surface area contributed by atoms with Gasteiger partial charge in [-0.1, -0.05) is 0 Å². The Hall–Kier alpha value is -6.14. The van der Waals surface area contributed by atoms with Crippen LogP contribution in [0.2, 0.25) is 0 Å². The van der Waals surface area contributed by atoms with Crippen molar-refractivity contribution in [2.24, 2.45) is 11.8 Å². The van der Waals surface area contributed by atoms with Crippen LogP contribution in [0.5, 0.6) is 23.0 Å². The predicted octanol–water partition coefficient (Wildman–Crippen LogP) is 5.77. The summed E-state index contributed by atoms with van der Waals surface area (Å²) in [4.78, 5) is 69.1. The van der Waals surface area contributed by atoms with Crippen LogP contribution in [0.4, 0.5) is 9.59 Å². The van der Waals surface area contributed by atoms with Gasteiger partial charge in [0.25, 0.3) is 0 Å². The van der Waals surface area contributed by atoms with Crippen molar-refractivity contribution in [2.75, 3.05) is 53.7 Å². The minimum absolute atomic E-state index is 0.00691. The predicted molar refractivity (Wildman–Crippen MR) is 224 cm³/mol. The fourth-order valence-corrected chi connectivity index (χ4v) is 8.69. The van der Waals surface area contributed by atoms with Crippen LogP contribution in [0.15, 0.2) is 48.8 Å². The molecule has 62 heavy (non-hydrogen) atoms. The Morgan fingerprint density at radius 1 is 0.742 bits per heavy atom. The zero-order chi connectivity index (χ0) is 43.0. The maximum Gasteiger partial charge on any atom is 0.407 e. The van der Waals surface area contributed by atoms with E-state index in [4.69, 9.17) is 33.4 Å². The number of likely N-dealkylation sites (tertiary alicyclic amines) is 1. The minimum Gasteiger partial charge on any atom is -0.453 e. The zero-order valence-electron chi connectivity index (χ0n) is 35.0. The number of imidazole rings is 2. The second-order valence-corrected chi connectivity index (χ2v) is 16.0. The van der Waals surface area contributed by atoms with Crippen LogP contribution in [0.1, 0.15) is 69.1 Å². The number of aromatic amines is 2. The maximum absolute atomic E-state index is 14.0. The van der Waals surface area contributed by atoms with Crippen LogP contribution < -0.4 is 25.4 Å². The standard InChI is InChI=1S/C44H54N8O10/c1-57-43(55)50-38(26-12-18-59-19-13-26)41(53)45-16-4-3-7-37-46-24-30(48-37)28-8-10-33-35(22-28)61-34-11-9-29(23-36(34)62-33)31-25-47-40(49-31)32-6-5-17-52(32)42(54)39(51-44(56)58-2)27-14-20-60-21-15-27/h8-11,22-27,32,38-39H,3-7,12-21H2,1-2H3,(H,45,53)(H,46,48)(H,47,49)(H,50,55)(H,51,56). The molecule has 3 unspecified atom stereocenters. The molecule has 3 atom stereocenters. The van der Waals surface area contributed by atoms with E-state index in [1.54, 1.807) is 12.4 Å². The second kappa shape index (κ2) is 19.7. The van der Waals surface area contributed by atoms with Gasteiger partial charge in [-0.05, 0) is 99.6 Å². The number of aryl methyl sites for hydroxylation is 1. The molecule has 330 valence electrons. The Balaban J connectivity index is 0.850. The Kier molecular flexibility index (Phi) is 13.5. The van der Waals surface area contributed by atoms with Gasteiger partial charge in [0.05, 0.1) is 44.0 Å². The highest BCUT2D eigenvalue weighted by molar-refractivity contribution is 5.87. The molecule has 0 bridgehead atoms. The number of aromatic nitrogens is 4. The fourth-order valence-electron chi connectivity index (χ4n) is 8.69. The normalized spacial score (nSPS) is 18.6. The molecule has 18 heteroatoms. The number of methoxy groups -OCH3 is 2. The van der Waals surface area contributed by atoms with Gasteiger partial charge in [0.2, 0.25) is 11.8 Å². The number of nitrogens with one attached hydrogen (secondary N) is 5. The van der Waals surface area contributed by atoms with Crippen molar-refractivity contribution in [1.82, 2.24) is 40.8 Å². The number of H-pyrrole nitrogens is 2. The smallest absolute Gasteiger partial charge is 0.407 e. The van der Waals surface area contributed by atoms with Gasteiger partial charge in [-0.25, -0.2) is 19.6 Å². The number of nitrogens with zero attached hydrogens (tertiary/aromatic N) is 3. The van der Waals surface area contributed by atoms with Crippen molar-refractivity contribution in [1.29, 1.82) is 0 Å². The lowest BCUT2D eigenvalue weighted by Gasteiger charge is -2.34. The molecular formula is C44H54N8O10. The highest BCUT2D eigenvalue weighted by atomic mass is 16.6. The largest absolute Gasteiger partial charge is 0.453 e. The molecule has 3 saturated heterocycles. The lowest BCUT2D eigenvalue weighted by molar-refractivity contribution is -0.136. The third-order valence-corrected chi connectivity index (χ3v) is 12.1. The van der Waals surface area contributed by atoms with Crippen LogP contribution in [0.3, 0.4) is 0 Å². The molecule has 2 aromatic carbocycles. The highest BCUT2D eigenvalue weighted by Crippen LogP contribution is 2.47. The number of unbranched alkanes of at least 4 members (excludes halogenated alkanes) is 1. The van der Waals surface area contributed by atoms with Crippen LogP contribution in [-0.2, 0) is 35.0 Å². The summed E-state index contributed by atoms with van der Waals surface area (Å²) >= 11 is 0. The SMILES string of the molecule is COC(=O)NC(C(=O)NCCCCc1ncc(-c2ccc3c(c2)Oc2ccc(-c4cnc(C5CCCN5C(=O)C(NC(=O)OC)C5CCOCC5)[nH]4)cc2O3)[nH]1)C1CCOCC1. The lowest BCUT2D eigenvalue weighted by atomic mass is 9.90. The number of fused-ring (bicyclic) bond motifs is 2. The third kappa shape index (κ3) is 9.81. The Morgan fingerprint density at radius 3 is 1.95 bits per heavy atom. The van der Waals surface area contributed by atoms with E-state index in [-0.39, 0.29) is 29.7 Å². The summed E-state index contributed by atoms with van der Waals surface area (Å²) < 4.78 is 33.2. The molecule has 2 aromatic heterocycles. The molecule has 18 nitrogen and oxygen atoms in total. The summed E-state index contributed by atoms with van der Waals surface area (Å²) in [6.07, 6.45) is 8.85. The monoisotopic (exact) mass is 854 g/mol. The van der Waals surface area contributed by atoms with Crippen molar-refractivity contribution in [3.05, 3.63) is 60.4 Å². The Morgan fingerprint density at radius 2 is 1.32 bits per heavy atom. The molecule has 4 aliphatic heterocycles. The van der Waals surface area contributed by atoms with E-state index < -0.39 is 24.3 Å². The molecule has 4 aromatic rings. The van der Waals surface area contributed by atoms with E-state index in [1.165, 1.54) is 14.2 Å². The second-order valence-electron chi connectivity index (χ2n) is 16.0. The van der Waals surface area contributed by atoms with E-state index in [1.807, 2.05) is 41.3 Å². The number of carbonyl (C=O) groups is 4. The van der Waals surface area contributed by atoms with Gasteiger partial charge < -0.3 is 59.2 Å². The number of hydrogen-bond acceptors (Lipinski definition) is 12. The van der Waals surface area contributed by atoms with Crippen molar-refractivity contribution < 1.29 is 47.6 Å². The molecule has 6 heterocycles. The van der Waals surface area contributed by atoms with E-state index in [2.05, 4.69) is 30.9 Å². The van der Waals surface area contributed by atoms with E-state index >= 15 is 0 Å². The number of rotatable bonds is 14. The topological polar surface area (TPSA) is 220 Å². The third-order valence-electron chi connectivity index (χ3n) is 12.1. The van der Waals surface area contributed by atoms with Crippen molar-refractivity contribution in [2.45, 2.75) is 75.9 Å². The first kappa shape index (κ1) is 42.5. The fraction of sp³-hybridized carbons (Fsp3) is 0.500. The van der Waals surface area contributed by atoms with Gasteiger partial charge in [0.1, 0.15) is 23.7 Å². The molecule has 0 radical (unpaired) electrons. The van der Waals surface area contributed by atoms with Gasteiger partial charge in [0.15, 0.2) is 23.0 Å². The van der Waals surface area contributed by atoms with Crippen LogP contribution >= 0.6 is 0 Å². The summed E-state index contributed by atoms with van der Waals surface area (Å²) in [5, 5.41) is 8.46. The zero-order valence-corrected chi connectivity index (χ0v) is 35.0. The summed E-state index contributed by atoms with van der Waals surface area (Å²) in [5.41, 5.74) is 3.34. The number of ether oxygens (including phenoxy) is 6. The summed E-state index contributed by atoms with van der Waals surface area (Å²) in [5.74, 6) is 3.38. The van der Waals surface area contributed by atoms with E-state index in [0.717, 1.165) is 54.0 Å². The maximum atomic E-state index is 14.0. The molecule has 0 aliphatic carbocycles. The molecular weight excluding hydrogens is 801 g/mol. The number of hydrogen-bond donors (Lipinski definition) is 5. The first-order valence-corrected chi connectivity index (χ1v) is 21.4. The molecule has 3 fully saturated rings. The number of benzene rings is 2. The van der Waals surface area contributed by atoms with Gasteiger partial charge >= 0.3 is 12.2 Å². The Labute approximate surface area is 359 Å². The lowest BCUT2D eigenvalue weighted by Crippen LogP contribution is -2.53. The highest BCUT2D eigenvalue weighted by Gasteiger charge is 2.40. The van der Waals surface area contributed by atoms with Crippen molar-refractivity contribution in [3.63, 3.8) is 0 Å². The quantitative estimate of drug-likeness (QED) is 0.0841. The van der Waals surface area contributed by atoms with Crippen molar-refractivity contribution in [3.8, 4) is 45.5 Å². The summed E-state index contributed by atoms with van der Waals surface area (Å²) in [6, 6.07) is 9.80. The average molecular weight is 855 g/mol. The van der Waals surface area contributed by atoms with Gasteiger partial charge in [-0.2, -0.15) is 0 Å². The summed E-state index contributed by atoms with van der Waals surface area (Å²) in [7, 11) is 2.58. The van der Waals surface area contributed by atoms with Gasteiger partial charge in [-0.15, -0.1) is 0 Å². The number of amides is 4. The molecule has 0 spiro atoms. The first-order valence-electron chi connectivity index (χ1n) is 21.4. The molecule has 0 saturated carbocycles. The van der Waals surface area contributed by atoms with Crippen LogP contribution in [-0.4, -0.2) is 115 Å². The number of carbonyl (C=O) groups excluding carboxylic acids is 4. The van der Waals surface area contributed by atoms with E-state index in [0.29, 0.717) is 100 Å². The Bertz CT molecular complexity index is 2210. The average Bonchev–Trinajstić information content (AvgIpc) is 4.11. The molecule has 4 aliphatic rings. The minimum atomic E-state index is -0.707. The van der Waals surface area contributed by atoms with Crippen LogP contribution in [0.25, 0.3) is 22.5 Å². The van der Waals surface area contributed by atoms with Crippen LogP contribution in [0, 0.1) is 11.8 Å². The van der Waals surface area contributed by atoms with E-state index in [9.17, 15) is 19.2 Å². The number of alkyl carbamates (subject to hydrolysis) is 2. The van der Waals surface area contributed by atoms with Gasteiger partial charge in [0, 0.05) is 57.1 Å². The van der Waals surface area contributed by atoms with Crippen molar-refractivity contribution >= 4 is 24.0 Å². The molecule has 5 N–H and O–H groups in total. The van der Waals surface area contributed by atoms with Gasteiger partial charge in [-0.3, -0.25) is 9.59 Å². The molecule has 4 amide bonds.